The van der Waals surface area contributed by atoms with Gasteiger partial charge in [0.15, 0.2) is 16.1 Å². The number of aromatic nitrogens is 2. The van der Waals surface area contributed by atoms with Gasteiger partial charge in [0, 0.05) is 31.6 Å². The maximum absolute atomic E-state index is 5.70. The molecule has 0 amide bonds. The Morgan fingerprint density at radius 3 is 2.52 bits per heavy atom. The lowest BCUT2D eigenvalue weighted by molar-refractivity contribution is 0.196. The second kappa shape index (κ2) is 9.24. The van der Waals surface area contributed by atoms with Crippen LogP contribution in [0.3, 0.4) is 0 Å². The minimum absolute atomic E-state index is 0.363. The number of thiocarbonyl (C=S) groups is 1. The van der Waals surface area contributed by atoms with E-state index in [9.17, 15) is 0 Å². The van der Waals surface area contributed by atoms with Crippen LogP contribution in [0.25, 0.3) is 0 Å². The molecule has 122 valence electrons. The number of methoxy groups -OCH3 is 1. The molecule has 3 N–H and O–H groups in total. The predicted octanol–water partition coefficient (Wildman–Crippen LogP) is 3.20. The largest absolute Gasteiger partial charge is 0.385 e. The number of nitrogens with one attached hydrogen (secondary N) is 3. The fourth-order valence-corrected chi connectivity index (χ4v) is 2.08. The Morgan fingerprint density at radius 2 is 1.87 bits per heavy atom. The molecule has 0 bridgehead atoms. The molecular formula is C15H18ClN5OS. The molecular weight excluding hydrogens is 334 g/mol. The van der Waals surface area contributed by atoms with Crippen molar-refractivity contribution < 1.29 is 4.74 Å². The second-order valence-corrected chi connectivity index (χ2v) is 5.47. The van der Waals surface area contributed by atoms with Gasteiger partial charge in [-0.1, -0.05) is 11.6 Å². The van der Waals surface area contributed by atoms with Crippen LogP contribution < -0.4 is 16.0 Å². The summed E-state index contributed by atoms with van der Waals surface area (Å²) in [5, 5.41) is 18.1. The molecule has 6 nitrogen and oxygen atoms in total. The Balaban J connectivity index is 1.82. The topological polar surface area (TPSA) is 71.1 Å². The van der Waals surface area contributed by atoms with E-state index in [1.807, 2.05) is 24.3 Å². The van der Waals surface area contributed by atoms with Crippen molar-refractivity contribution in [2.45, 2.75) is 6.42 Å². The van der Waals surface area contributed by atoms with E-state index in [2.05, 4.69) is 26.1 Å². The smallest absolute Gasteiger partial charge is 0.170 e. The molecule has 0 spiro atoms. The van der Waals surface area contributed by atoms with Crippen molar-refractivity contribution in [3.8, 4) is 0 Å². The number of benzene rings is 1. The van der Waals surface area contributed by atoms with Gasteiger partial charge < -0.3 is 20.7 Å². The van der Waals surface area contributed by atoms with Crippen molar-refractivity contribution >= 4 is 46.1 Å². The van der Waals surface area contributed by atoms with Crippen molar-refractivity contribution in [1.82, 2.24) is 15.5 Å². The zero-order valence-corrected chi connectivity index (χ0v) is 14.2. The molecule has 0 unspecified atom stereocenters. The molecule has 1 aromatic heterocycles. The highest BCUT2D eigenvalue weighted by atomic mass is 35.5. The Bertz CT molecular complexity index is 621. The molecule has 8 heteroatoms. The van der Waals surface area contributed by atoms with Gasteiger partial charge in [-0.25, -0.2) is 0 Å². The van der Waals surface area contributed by atoms with E-state index < -0.39 is 0 Å². The number of hydrogen-bond acceptors (Lipinski definition) is 5. The summed E-state index contributed by atoms with van der Waals surface area (Å²) in [5.41, 5.74) is 1.80. The zero-order chi connectivity index (χ0) is 16.5. The van der Waals surface area contributed by atoms with Gasteiger partial charge in [0.1, 0.15) is 0 Å². The van der Waals surface area contributed by atoms with E-state index in [1.165, 1.54) is 0 Å². The number of rotatable bonds is 7. The predicted molar refractivity (Wildman–Crippen MR) is 97.5 cm³/mol. The minimum Gasteiger partial charge on any atom is -0.385 e. The van der Waals surface area contributed by atoms with E-state index in [0.717, 1.165) is 24.3 Å². The van der Waals surface area contributed by atoms with Crippen molar-refractivity contribution in [2.75, 3.05) is 30.9 Å². The average molecular weight is 352 g/mol. The fraction of sp³-hybridized carbons (Fsp3) is 0.267. The summed E-state index contributed by atoms with van der Waals surface area (Å²) >= 11 is 10.9. The third-order valence-electron chi connectivity index (χ3n) is 2.86. The van der Waals surface area contributed by atoms with Crippen molar-refractivity contribution in [1.29, 1.82) is 0 Å². The number of nitrogens with zero attached hydrogens (tertiary/aromatic N) is 2. The molecule has 1 heterocycles. The Kier molecular flexibility index (Phi) is 6.99. The Morgan fingerprint density at radius 1 is 1.13 bits per heavy atom. The third kappa shape index (κ3) is 6.35. The summed E-state index contributed by atoms with van der Waals surface area (Å²) in [5.74, 6) is 0.630. The minimum atomic E-state index is 0.363. The van der Waals surface area contributed by atoms with E-state index in [4.69, 9.17) is 28.6 Å². The van der Waals surface area contributed by atoms with Crippen molar-refractivity contribution in [3.05, 3.63) is 41.6 Å². The number of ether oxygens (including phenoxy) is 1. The van der Waals surface area contributed by atoms with Crippen LogP contribution in [0.4, 0.5) is 17.2 Å². The van der Waals surface area contributed by atoms with Crippen LogP contribution in [-0.2, 0) is 4.74 Å². The molecule has 0 saturated heterocycles. The molecule has 1 aromatic carbocycles. The molecule has 0 aliphatic carbocycles. The molecule has 2 rings (SSSR count). The van der Waals surface area contributed by atoms with Crippen LogP contribution in [-0.4, -0.2) is 35.6 Å². The van der Waals surface area contributed by atoms with Crippen LogP contribution in [0.2, 0.25) is 5.15 Å². The van der Waals surface area contributed by atoms with Crippen molar-refractivity contribution in [3.63, 3.8) is 0 Å². The standard InChI is InChI=1S/C15H18ClN5OS/c1-22-10-2-9-17-15(23)19-12-5-3-11(4-6-12)18-14-8-7-13(16)20-21-14/h3-8H,2,9-10H2,1H3,(H,18,21)(H2,17,19,23). The summed E-state index contributed by atoms with van der Waals surface area (Å²) in [6, 6.07) is 11.1. The fourth-order valence-electron chi connectivity index (χ4n) is 1.76. The quantitative estimate of drug-likeness (QED) is 0.522. The summed E-state index contributed by atoms with van der Waals surface area (Å²) < 4.78 is 4.98. The first-order valence-electron chi connectivity index (χ1n) is 7.07. The van der Waals surface area contributed by atoms with Gasteiger partial charge in [-0.05, 0) is 55.0 Å². The Labute approximate surface area is 145 Å². The second-order valence-electron chi connectivity index (χ2n) is 4.67. The first-order chi connectivity index (χ1) is 11.2. The lowest BCUT2D eigenvalue weighted by atomic mass is 10.3. The van der Waals surface area contributed by atoms with E-state index in [0.29, 0.717) is 22.7 Å². The SMILES string of the molecule is COCCCNC(=S)Nc1ccc(Nc2ccc(Cl)nn2)cc1. The van der Waals surface area contributed by atoms with E-state index in [1.54, 1.807) is 19.2 Å². The highest BCUT2D eigenvalue weighted by Gasteiger charge is 2.00. The summed E-state index contributed by atoms with van der Waals surface area (Å²) in [4.78, 5) is 0. The summed E-state index contributed by atoms with van der Waals surface area (Å²) in [7, 11) is 1.68. The van der Waals surface area contributed by atoms with Crippen LogP contribution in [0.5, 0.6) is 0 Å². The number of halogens is 1. The molecule has 0 atom stereocenters. The highest BCUT2D eigenvalue weighted by Crippen LogP contribution is 2.17. The molecule has 23 heavy (non-hydrogen) atoms. The highest BCUT2D eigenvalue weighted by molar-refractivity contribution is 7.80. The lowest BCUT2D eigenvalue weighted by Gasteiger charge is -2.11. The molecule has 0 radical (unpaired) electrons. The molecule has 2 aromatic rings. The van der Waals surface area contributed by atoms with Gasteiger partial charge in [0.25, 0.3) is 0 Å². The Hall–Kier alpha value is -1.96. The van der Waals surface area contributed by atoms with Gasteiger partial charge in [-0.3, -0.25) is 0 Å². The maximum Gasteiger partial charge on any atom is 0.170 e. The molecule has 0 fully saturated rings. The van der Waals surface area contributed by atoms with Crippen LogP contribution in [0, 0.1) is 0 Å². The van der Waals surface area contributed by atoms with Gasteiger partial charge >= 0.3 is 0 Å². The average Bonchev–Trinajstić information content (AvgIpc) is 2.56. The maximum atomic E-state index is 5.70. The van der Waals surface area contributed by atoms with E-state index >= 15 is 0 Å². The first-order valence-corrected chi connectivity index (χ1v) is 7.86. The summed E-state index contributed by atoms with van der Waals surface area (Å²) in [6.07, 6.45) is 0.906. The van der Waals surface area contributed by atoms with Crippen LogP contribution in [0.15, 0.2) is 36.4 Å². The monoisotopic (exact) mass is 351 g/mol. The van der Waals surface area contributed by atoms with Crippen molar-refractivity contribution in [2.24, 2.45) is 0 Å². The molecule has 0 saturated carbocycles. The van der Waals surface area contributed by atoms with Gasteiger partial charge in [0.05, 0.1) is 0 Å². The van der Waals surface area contributed by atoms with E-state index in [-0.39, 0.29) is 0 Å². The third-order valence-corrected chi connectivity index (χ3v) is 3.31. The zero-order valence-electron chi connectivity index (χ0n) is 12.7. The van der Waals surface area contributed by atoms with Gasteiger partial charge in [-0.15, -0.1) is 10.2 Å². The normalized spacial score (nSPS) is 10.2. The van der Waals surface area contributed by atoms with Crippen LogP contribution >= 0.6 is 23.8 Å². The van der Waals surface area contributed by atoms with Gasteiger partial charge in [0.2, 0.25) is 0 Å². The molecule has 0 aliphatic heterocycles. The number of hydrogen-bond donors (Lipinski definition) is 3. The lowest BCUT2D eigenvalue weighted by Crippen LogP contribution is -2.29. The van der Waals surface area contributed by atoms with Gasteiger partial charge in [-0.2, -0.15) is 0 Å². The van der Waals surface area contributed by atoms with Crippen LogP contribution in [0.1, 0.15) is 6.42 Å². The number of anilines is 3. The summed E-state index contributed by atoms with van der Waals surface area (Å²) in [6.45, 7) is 1.48. The molecule has 0 aliphatic rings. The first kappa shape index (κ1) is 17.4.